The van der Waals surface area contributed by atoms with Gasteiger partial charge in [0.15, 0.2) is 0 Å². The number of carbonyl (C=O) groups is 1. The smallest absolute Gasteiger partial charge is 0.249 e. The molecule has 0 saturated carbocycles. The summed E-state index contributed by atoms with van der Waals surface area (Å²) in [7, 11) is 0. The highest BCUT2D eigenvalue weighted by Crippen LogP contribution is 2.40. The van der Waals surface area contributed by atoms with E-state index >= 15 is 0 Å². The second-order valence-electron chi connectivity index (χ2n) is 8.36. The first-order valence-corrected chi connectivity index (χ1v) is 10.1. The third-order valence-corrected chi connectivity index (χ3v) is 6.38. The molecule has 3 nitrogen and oxygen atoms in total. The van der Waals surface area contributed by atoms with E-state index in [1.807, 2.05) is 12.1 Å². The highest BCUT2D eigenvalue weighted by atomic mass is 19.1. The normalized spacial score (nSPS) is 27.0. The van der Waals surface area contributed by atoms with Crippen LogP contribution in [0, 0.1) is 11.2 Å². The zero-order valence-electron chi connectivity index (χ0n) is 15.6. The average molecular weight is 356 g/mol. The molecule has 0 radical (unpaired) electrons. The number of nitrogens with zero attached hydrogens (tertiary/aromatic N) is 2. The second kappa shape index (κ2) is 7.51. The van der Waals surface area contributed by atoms with Crippen LogP contribution < -0.4 is 0 Å². The van der Waals surface area contributed by atoms with Crippen LogP contribution in [0.5, 0.6) is 0 Å². The van der Waals surface area contributed by atoms with Crippen molar-refractivity contribution in [1.82, 2.24) is 9.80 Å². The molecule has 1 aliphatic carbocycles. The van der Waals surface area contributed by atoms with Gasteiger partial charge in [0.05, 0.1) is 0 Å². The number of allylic oxidation sites excluding steroid dienone is 1. The topological polar surface area (TPSA) is 23.6 Å². The van der Waals surface area contributed by atoms with Gasteiger partial charge in [-0.05, 0) is 57.6 Å². The molecule has 0 N–H and O–H groups in total. The Balaban J connectivity index is 1.40. The van der Waals surface area contributed by atoms with Gasteiger partial charge < -0.3 is 4.90 Å². The van der Waals surface area contributed by atoms with E-state index in [0.717, 1.165) is 69.4 Å². The lowest BCUT2D eigenvalue weighted by atomic mass is 9.79. The van der Waals surface area contributed by atoms with Gasteiger partial charge in [-0.3, -0.25) is 9.69 Å². The summed E-state index contributed by atoms with van der Waals surface area (Å²) in [4.78, 5) is 17.3. The Morgan fingerprint density at radius 2 is 1.96 bits per heavy atom. The number of hydrogen-bond acceptors (Lipinski definition) is 2. The minimum absolute atomic E-state index is 0.111. The van der Waals surface area contributed by atoms with E-state index in [4.69, 9.17) is 0 Å². The summed E-state index contributed by atoms with van der Waals surface area (Å²) >= 11 is 0. The van der Waals surface area contributed by atoms with Crippen LogP contribution in [0.2, 0.25) is 0 Å². The van der Waals surface area contributed by atoms with Crippen molar-refractivity contribution < 1.29 is 9.18 Å². The molecule has 2 fully saturated rings. The van der Waals surface area contributed by atoms with Gasteiger partial charge in [0.25, 0.3) is 0 Å². The minimum Gasteiger partial charge on any atom is -0.338 e. The van der Waals surface area contributed by atoms with Gasteiger partial charge in [-0.15, -0.1) is 0 Å². The molecule has 1 atom stereocenters. The van der Waals surface area contributed by atoms with Crippen molar-refractivity contribution in [2.75, 3.05) is 26.2 Å². The minimum atomic E-state index is -0.111. The predicted molar refractivity (Wildman–Crippen MR) is 101 cm³/mol. The lowest BCUT2D eigenvalue weighted by Gasteiger charge is -2.40. The Bertz CT molecular complexity index is 701. The Morgan fingerprint density at radius 3 is 2.77 bits per heavy atom. The van der Waals surface area contributed by atoms with Crippen LogP contribution in [-0.4, -0.2) is 41.9 Å². The van der Waals surface area contributed by atoms with Crippen molar-refractivity contribution in [3.8, 4) is 0 Å². The summed E-state index contributed by atoms with van der Waals surface area (Å²) in [5.41, 5.74) is 2.02. The zero-order valence-corrected chi connectivity index (χ0v) is 15.6. The van der Waals surface area contributed by atoms with E-state index in [-0.39, 0.29) is 17.1 Å². The maximum absolute atomic E-state index is 14.0. The molecule has 1 unspecified atom stereocenters. The van der Waals surface area contributed by atoms with Gasteiger partial charge in [0, 0.05) is 42.7 Å². The van der Waals surface area contributed by atoms with Crippen molar-refractivity contribution in [2.45, 2.75) is 51.5 Å². The number of hydrogen-bond donors (Lipinski definition) is 0. The summed E-state index contributed by atoms with van der Waals surface area (Å²) in [5.74, 6) is 0.160. The molecule has 140 valence electrons. The molecule has 2 heterocycles. The monoisotopic (exact) mass is 356 g/mol. The summed E-state index contributed by atoms with van der Waals surface area (Å²) in [6, 6.07) is 7.09. The summed E-state index contributed by atoms with van der Waals surface area (Å²) < 4.78 is 14.0. The van der Waals surface area contributed by atoms with Crippen molar-refractivity contribution in [3.63, 3.8) is 0 Å². The SMILES string of the molecule is O=C(C1=CCCCC1)N1CCC2(CCCN(Cc3ccccc3F)C2)C1. The highest BCUT2D eigenvalue weighted by molar-refractivity contribution is 5.93. The van der Waals surface area contributed by atoms with Gasteiger partial charge in [0.1, 0.15) is 5.82 Å². The molecule has 1 spiro atoms. The van der Waals surface area contributed by atoms with Crippen molar-refractivity contribution >= 4 is 5.91 Å². The molecule has 0 aromatic heterocycles. The van der Waals surface area contributed by atoms with E-state index in [0.29, 0.717) is 6.54 Å². The van der Waals surface area contributed by atoms with Crippen molar-refractivity contribution in [3.05, 3.63) is 47.3 Å². The van der Waals surface area contributed by atoms with Crippen LogP contribution in [-0.2, 0) is 11.3 Å². The molecule has 1 aromatic carbocycles. The molecule has 2 aliphatic heterocycles. The van der Waals surface area contributed by atoms with E-state index in [1.54, 1.807) is 12.1 Å². The summed E-state index contributed by atoms with van der Waals surface area (Å²) in [6.45, 7) is 4.42. The first kappa shape index (κ1) is 17.7. The maximum atomic E-state index is 14.0. The van der Waals surface area contributed by atoms with Gasteiger partial charge >= 0.3 is 0 Å². The molecule has 1 aromatic rings. The molecule has 1 amide bonds. The lowest BCUT2D eigenvalue weighted by molar-refractivity contribution is -0.127. The largest absolute Gasteiger partial charge is 0.338 e. The van der Waals surface area contributed by atoms with Crippen LogP contribution in [0.25, 0.3) is 0 Å². The fraction of sp³-hybridized carbons (Fsp3) is 0.591. The standard InChI is InChI=1S/C22H29FN2O/c23-20-10-5-4-9-19(20)15-24-13-6-11-22(16-24)12-14-25(17-22)21(26)18-7-2-1-3-8-18/h4-5,7,9-10H,1-3,6,8,11-17H2. The van der Waals surface area contributed by atoms with Crippen LogP contribution in [0.3, 0.4) is 0 Å². The maximum Gasteiger partial charge on any atom is 0.249 e. The van der Waals surface area contributed by atoms with Crippen LogP contribution in [0.15, 0.2) is 35.9 Å². The third kappa shape index (κ3) is 3.71. The van der Waals surface area contributed by atoms with E-state index in [9.17, 15) is 9.18 Å². The Hall–Kier alpha value is -1.68. The molecule has 0 bridgehead atoms. The van der Waals surface area contributed by atoms with Crippen molar-refractivity contribution in [1.29, 1.82) is 0 Å². The van der Waals surface area contributed by atoms with Gasteiger partial charge in [-0.2, -0.15) is 0 Å². The fourth-order valence-corrected chi connectivity index (χ4v) is 4.99. The molecule has 4 rings (SSSR count). The number of rotatable bonds is 3. The Kier molecular flexibility index (Phi) is 5.12. The van der Waals surface area contributed by atoms with Crippen LogP contribution >= 0.6 is 0 Å². The molecular weight excluding hydrogens is 327 g/mol. The van der Waals surface area contributed by atoms with Gasteiger partial charge in [0.2, 0.25) is 5.91 Å². The number of benzene rings is 1. The molecule has 26 heavy (non-hydrogen) atoms. The summed E-state index contributed by atoms with van der Waals surface area (Å²) in [6.07, 6.45) is 9.92. The number of amides is 1. The number of carbonyl (C=O) groups excluding carboxylic acids is 1. The fourth-order valence-electron chi connectivity index (χ4n) is 4.99. The van der Waals surface area contributed by atoms with E-state index < -0.39 is 0 Å². The average Bonchev–Trinajstić information content (AvgIpc) is 3.07. The van der Waals surface area contributed by atoms with Gasteiger partial charge in [-0.1, -0.05) is 24.3 Å². The van der Waals surface area contributed by atoms with Crippen molar-refractivity contribution in [2.24, 2.45) is 5.41 Å². The molecule has 2 saturated heterocycles. The number of halogens is 1. The highest BCUT2D eigenvalue weighted by Gasteiger charge is 2.43. The molecule has 4 heteroatoms. The second-order valence-corrected chi connectivity index (χ2v) is 8.36. The van der Waals surface area contributed by atoms with Crippen LogP contribution in [0.4, 0.5) is 4.39 Å². The zero-order chi connectivity index (χ0) is 18.0. The van der Waals surface area contributed by atoms with E-state index in [1.165, 1.54) is 12.8 Å². The Labute approximate surface area is 155 Å². The van der Waals surface area contributed by atoms with Crippen LogP contribution in [0.1, 0.15) is 50.5 Å². The molecular formula is C22H29FN2O. The predicted octanol–water partition coefficient (Wildman–Crippen LogP) is 4.14. The number of piperidine rings is 1. The third-order valence-electron chi connectivity index (χ3n) is 6.38. The first-order chi connectivity index (χ1) is 12.7. The first-order valence-electron chi connectivity index (χ1n) is 10.1. The Morgan fingerprint density at radius 1 is 1.08 bits per heavy atom. The van der Waals surface area contributed by atoms with E-state index in [2.05, 4.69) is 15.9 Å². The number of likely N-dealkylation sites (tertiary alicyclic amines) is 2. The van der Waals surface area contributed by atoms with Gasteiger partial charge in [-0.25, -0.2) is 4.39 Å². The molecule has 3 aliphatic rings. The summed E-state index contributed by atoms with van der Waals surface area (Å²) in [5, 5.41) is 0. The lowest BCUT2D eigenvalue weighted by Crippen LogP contribution is -2.45. The quantitative estimate of drug-likeness (QED) is 0.813.